The number of likely N-dealkylation sites (tertiary alicyclic amines) is 1. The molecule has 0 aliphatic carbocycles. The maximum absolute atomic E-state index is 5.80. The Hall–Kier alpha value is -1.10. The SMILES string of the molecule is CN1CC(CN)CC1c1cccc2c1OCOC2. The fourth-order valence-corrected chi connectivity index (χ4v) is 3.05. The molecule has 0 saturated carbocycles. The second-order valence-corrected chi connectivity index (χ2v) is 5.24. The largest absolute Gasteiger partial charge is 0.467 e. The molecule has 0 amide bonds. The molecule has 1 aromatic rings. The van der Waals surface area contributed by atoms with Gasteiger partial charge < -0.3 is 15.2 Å². The van der Waals surface area contributed by atoms with Crippen LogP contribution in [0.3, 0.4) is 0 Å². The summed E-state index contributed by atoms with van der Waals surface area (Å²) in [6, 6.07) is 6.76. The third-order valence-electron chi connectivity index (χ3n) is 4.00. The standard InChI is InChI=1S/C14H20N2O2/c1-16-7-10(6-15)5-13(16)12-4-2-3-11-8-17-9-18-14(11)12/h2-4,10,13H,5-9,15H2,1H3. The van der Waals surface area contributed by atoms with Crippen molar-refractivity contribution in [2.24, 2.45) is 11.7 Å². The van der Waals surface area contributed by atoms with Gasteiger partial charge in [0.1, 0.15) is 5.75 Å². The third kappa shape index (κ3) is 2.00. The number of hydrogen-bond donors (Lipinski definition) is 1. The Balaban J connectivity index is 1.92. The Morgan fingerprint density at radius 2 is 2.33 bits per heavy atom. The first-order valence-electron chi connectivity index (χ1n) is 6.52. The Kier molecular flexibility index (Phi) is 3.24. The molecule has 2 atom stereocenters. The van der Waals surface area contributed by atoms with Gasteiger partial charge >= 0.3 is 0 Å². The van der Waals surface area contributed by atoms with Crippen LogP contribution in [0.2, 0.25) is 0 Å². The van der Waals surface area contributed by atoms with E-state index in [1.54, 1.807) is 0 Å². The van der Waals surface area contributed by atoms with E-state index in [2.05, 4.69) is 30.1 Å². The van der Waals surface area contributed by atoms with Gasteiger partial charge in [-0.1, -0.05) is 18.2 Å². The van der Waals surface area contributed by atoms with E-state index in [-0.39, 0.29) is 0 Å². The highest BCUT2D eigenvalue weighted by Crippen LogP contribution is 2.40. The van der Waals surface area contributed by atoms with Crippen LogP contribution < -0.4 is 10.5 Å². The van der Waals surface area contributed by atoms with Crippen LogP contribution in [0, 0.1) is 5.92 Å². The first-order chi connectivity index (χ1) is 8.79. The van der Waals surface area contributed by atoms with Gasteiger partial charge in [-0.25, -0.2) is 0 Å². The van der Waals surface area contributed by atoms with Crippen molar-refractivity contribution in [2.45, 2.75) is 19.1 Å². The minimum absolute atomic E-state index is 0.362. The van der Waals surface area contributed by atoms with Gasteiger partial charge in [0, 0.05) is 23.7 Å². The molecule has 2 N–H and O–H groups in total. The number of hydrogen-bond acceptors (Lipinski definition) is 4. The molecule has 0 spiro atoms. The smallest absolute Gasteiger partial charge is 0.189 e. The predicted molar refractivity (Wildman–Crippen MR) is 69.3 cm³/mol. The summed E-state index contributed by atoms with van der Waals surface area (Å²) in [5, 5.41) is 0. The van der Waals surface area contributed by atoms with Gasteiger partial charge in [0.25, 0.3) is 0 Å². The Morgan fingerprint density at radius 3 is 3.11 bits per heavy atom. The molecule has 0 radical (unpaired) electrons. The minimum Gasteiger partial charge on any atom is -0.467 e. The summed E-state index contributed by atoms with van der Waals surface area (Å²) in [5.74, 6) is 1.62. The van der Waals surface area contributed by atoms with Gasteiger partial charge in [-0.2, -0.15) is 0 Å². The zero-order chi connectivity index (χ0) is 12.5. The Labute approximate surface area is 108 Å². The molecule has 3 rings (SSSR count). The van der Waals surface area contributed by atoms with Crippen molar-refractivity contribution in [3.05, 3.63) is 29.3 Å². The summed E-state index contributed by atoms with van der Waals surface area (Å²) < 4.78 is 11.0. The summed E-state index contributed by atoms with van der Waals surface area (Å²) in [7, 11) is 2.17. The topological polar surface area (TPSA) is 47.7 Å². The summed E-state index contributed by atoms with van der Waals surface area (Å²) in [6.07, 6.45) is 1.12. The number of fused-ring (bicyclic) bond motifs is 1. The van der Waals surface area contributed by atoms with Gasteiger partial charge in [-0.15, -0.1) is 0 Å². The van der Waals surface area contributed by atoms with Crippen LogP contribution in [-0.4, -0.2) is 31.8 Å². The van der Waals surface area contributed by atoms with Crippen LogP contribution in [-0.2, 0) is 11.3 Å². The molecule has 2 unspecified atom stereocenters. The fourth-order valence-electron chi connectivity index (χ4n) is 3.05. The average Bonchev–Trinajstić information content (AvgIpc) is 2.79. The monoisotopic (exact) mass is 248 g/mol. The molecule has 2 aliphatic rings. The lowest BCUT2D eigenvalue weighted by Gasteiger charge is -2.26. The fraction of sp³-hybridized carbons (Fsp3) is 0.571. The van der Waals surface area contributed by atoms with Crippen LogP contribution in [0.1, 0.15) is 23.6 Å². The highest BCUT2D eigenvalue weighted by Gasteiger charge is 2.32. The number of nitrogens with zero attached hydrogens (tertiary/aromatic N) is 1. The van der Waals surface area contributed by atoms with E-state index in [4.69, 9.17) is 15.2 Å². The molecule has 1 saturated heterocycles. The molecule has 98 valence electrons. The molecular weight excluding hydrogens is 228 g/mol. The van der Waals surface area contributed by atoms with Crippen LogP contribution in [0.5, 0.6) is 5.75 Å². The zero-order valence-corrected chi connectivity index (χ0v) is 10.8. The second-order valence-electron chi connectivity index (χ2n) is 5.24. The molecule has 2 heterocycles. The first kappa shape index (κ1) is 12.0. The van der Waals surface area contributed by atoms with Gasteiger partial charge in [0.2, 0.25) is 0 Å². The van der Waals surface area contributed by atoms with Crippen molar-refractivity contribution in [1.82, 2.24) is 4.90 Å². The first-order valence-corrected chi connectivity index (χ1v) is 6.52. The van der Waals surface area contributed by atoms with Gasteiger partial charge in [-0.05, 0) is 25.9 Å². The third-order valence-corrected chi connectivity index (χ3v) is 4.00. The summed E-state index contributed by atoms with van der Waals surface area (Å²) in [4.78, 5) is 2.38. The number of para-hydroxylation sites is 1. The lowest BCUT2D eigenvalue weighted by molar-refractivity contribution is -0.0177. The summed E-state index contributed by atoms with van der Waals surface area (Å²) in [6.45, 7) is 2.85. The van der Waals surface area contributed by atoms with Crippen molar-refractivity contribution in [3.63, 3.8) is 0 Å². The van der Waals surface area contributed by atoms with Crippen molar-refractivity contribution in [1.29, 1.82) is 0 Å². The van der Waals surface area contributed by atoms with Crippen molar-refractivity contribution < 1.29 is 9.47 Å². The molecule has 4 heteroatoms. The maximum Gasteiger partial charge on any atom is 0.189 e. The highest BCUT2D eigenvalue weighted by molar-refractivity contribution is 5.44. The zero-order valence-electron chi connectivity index (χ0n) is 10.8. The molecule has 1 fully saturated rings. The number of benzene rings is 1. The molecule has 1 aromatic carbocycles. The Bertz CT molecular complexity index is 436. The minimum atomic E-state index is 0.362. The molecule has 0 aromatic heterocycles. The number of rotatable bonds is 2. The normalized spacial score (nSPS) is 27.9. The van der Waals surface area contributed by atoms with E-state index in [0.29, 0.717) is 25.4 Å². The molecule has 18 heavy (non-hydrogen) atoms. The summed E-state index contributed by atoms with van der Waals surface area (Å²) in [5.41, 5.74) is 8.24. The molecule has 2 aliphatic heterocycles. The van der Waals surface area contributed by atoms with Gasteiger partial charge in [-0.3, -0.25) is 4.90 Å². The van der Waals surface area contributed by atoms with Crippen molar-refractivity contribution in [2.75, 3.05) is 26.9 Å². The highest BCUT2D eigenvalue weighted by atomic mass is 16.7. The van der Waals surface area contributed by atoms with E-state index < -0.39 is 0 Å². The predicted octanol–water partition coefficient (Wildman–Crippen LogP) is 1.50. The van der Waals surface area contributed by atoms with E-state index in [1.807, 2.05) is 0 Å². The van der Waals surface area contributed by atoms with Gasteiger partial charge in [0.15, 0.2) is 6.79 Å². The average molecular weight is 248 g/mol. The van der Waals surface area contributed by atoms with Crippen LogP contribution in [0.4, 0.5) is 0 Å². The van der Waals surface area contributed by atoms with E-state index in [9.17, 15) is 0 Å². The molecular formula is C14H20N2O2. The quantitative estimate of drug-likeness (QED) is 0.861. The lowest BCUT2D eigenvalue weighted by Crippen LogP contribution is -2.22. The van der Waals surface area contributed by atoms with E-state index in [0.717, 1.165) is 30.8 Å². The molecule has 4 nitrogen and oxygen atoms in total. The lowest BCUT2D eigenvalue weighted by atomic mass is 9.97. The number of ether oxygens (including phenoxy) is 2. The molecule has 0 bridgehead atoms. The summed E-state index contributed by atoms with van der Waals surface area (Å²) >= 11 is 0. The van der Waals surface area contributed by atoms with Crippen LogP contribution in [0.25, 0.3) is 0 Å². The van der Waals surface area contributed by atoms with Crippen LogP contribution >= 0.6 is 0 Å². The van der Waals surface area contributed by atoms with Crippen molar-refractivity contribution in [3.8, 4) is 5.75 Å². The second kappa shape index (κ2) is 4.88. The van der Waals surface area contributed by atoms with E-state index in [1.165, 1.54) is 5.56 Å². The Morgan fingerprint density at radius 1 is 1.44 bits per heavy atom. The van der Waals surface area contributed by atoms with Crippen molar-refractivity contribution >= 4 is 0 Å². The maximum atomic E-state index is 5.80. The van der Waals surface area contributed by atoms with E-state index >= 15 is 0 Å². The van der Waals surface area contributed by atoms with Crippen LogP contribution in [0.15, 0.2) is 18.2 Å². The number of nitrogens with two attached hydrogens (primary N) is 1. The van der Waals surface area contributed by atoms with Gasteiger partial charge in [0.05, 0.1) is 6.61 Å².